The molecule has 0 aromatic carbocycles. The van der Waals surface area contributed by atoms with E-state index in [9.17, 15) is 14.4 Å². The average molecular weight is 380 g/mol. The summed E-state index contributed by atoms with van der Waals surface area (Å²) in [4.78, 5) is 46.9. The molecule has 0 aliphatic carbocycles. The van der Waals surface area contributed by atoms with Crippen LogP contribution in [0, 0.1) is 0 Å². The Morgan fingerprint density at radius 3 is 1.25 bits per heavy atom. The van der Waals surface area contributed by atoms with Gasteiger partial charge in [0.05, 0.1) is 6.20 Å². The quantitative estimate of drug-likeness (QED) is 0.635. The van der Waals surface area contributed by atoms with Gasteiger partial charge < -0.3 is 0 Å². The van der Waals surface area contributed by atoms with Gasteiger partial charge in [-0.25, -0.2) is 4.98 Å². The molecule has 146 valence electrons. The van der Waals surface area contributed by atoms with Gasteiger partial charge >= 0.3 is 0 Å². The highest BCUT2D eigenvalue weighted by Crippen LogP contribution is 1.93. The van der Waals surface area contributed by atoms with Crippen molar-refractivity contribution < 1.29 is 14.4 Å². The molecule has 3 aromatic heterocycles. The van der Waals surface area contributed by atoms with Crippen LogP contribution in [-0.4, -0.2) is 37.3 Å². The third-order valence-electron chi connectivity index (χ3n) is 2.98. The molecule has 0 unspecified atom stereocenters. The number of hydrogen-bond donors (Lipinski definition) is 0. The van der Waals surface area contributed by atoms with E-state index in [4.69, 9.17) is 0 Å². The van der Waals surface area contributed by atoms with Crippen molar-refractivity contribution in [2.75, 3.05) is 0 Å². The summed E-state index contributed by atoms with van der Waals surface area (Å²) in [5, 5.41) is 0. The second kappa shape index (κ2) is 13.6. The summed E-state index contributed by atoms with van der Waals surface area (Å²) < 4.78 is 0. The number of rotatable bonds is 3. The van der Waals surface area contributed by atoms with Crippen LogP contribution in [0.5, 0.6) is 0 Å². The Balaban J connectivity index is 0.000000384. The molecule has 0 fully saturated rings. The summed E-state index contributed by atoms with van der Waals surface area (Å²) >= 11 is 0. The van der Waals surface area contributed by atoms with Gasteiger partial charge in [0.25, 0.3) is 0 Å². The Labute approximate surface area is 164 Å². The zero-order valence-electron chi connectivity index (χ0n) is 15.4. The Hall–Kier alpha value is -3.61. The van der Waals surface area contributed by atoms with Crippen LogP contribution in [0.15, 0.2) is 67.4 Å². The Morgan fingerprint density at radius 1 is 0.607 bits per heavy atom. The van der Waals surface area contributed by atoms with Gasteiger partial charge in [-0.05, 0) is 24.3 Å². The molecule has 28 heavy (non-hydrogen) atoms. The maximum Gasteiger partial charge on any atom is 0.179 e. The topological polar surface area (TPSA) is 103 Å². The van der Waals surface area contributed by atoms with Crippen LogP contribution in [0.1, 0.15) is 59.7 Å². The lowest BCUT2D eigenvalue weighted by atomic mass is 10.3. The molecule has 0 amide bonds. The molecular formula is C21H24N4O3. The molecule has 0 N–H and O–H groups in total. The molecule has 7 heteroatoms. The van der Waals surface area contributed by atoms with Gasteiger partial charge in [0.1, 0.15) is 17.1 Å². The maximum absolute atomic E-state index is 10.6. The van der Waals surface area contributed by atoms with Crippen molar-refractivity contribution >= 4 is 17.3 Å². The van der Waals surface area contributed by atoms with E-state index >= 15 is 0 Å². The fourth-order valence-corrected chi connectivity index (χ4v) is 1.62. The van der Waals surface area contributed by atoms with Gasteiger partial charge in [0.2, 0.25) is 0 Å². The molecule has 3 heterocycles. The van der Waals surface area contributed by atoms with E-state index in [1.807, 2.05) is 0 Å². The summed E-state index contributed by atoms with van der Waals surface area (Å²) in [6, 6.07) is 10.6. The fraction of sp³-hybridized carbons (Fsp3) is 0.190. The highest BCUT2D eigenvalue weighted by molar-refractivity contribution is 5.92. The van der Waals surface area contributed by atoms with Crippen molar-refractivity contribution in [3.05, 3.63) is 84.5 Å². The lowest BCUT2D eigenvalue weighted by Gasteiger charge is -1.88. The largest absolute Gasteiger partial charge is 0.293 e. The zero-order valence-corrected chi connectivity index (χ0v) is 15.4. The van der Waals surface area contributed by atoms with E-state index in [0.717, 1.165) is 0 Å². The smallest absolute Gasteiger partial charge is 0.179 e. The van der Waals surface area contributed by atoms with Crippen LogP contribution in [-0.2, 0) is 0 Å². The normalized spacial score (nSPS) is 8.68. The number of aromatic nitrogens is 4. The molecule has 7 nitrogen and oxygen atoms in total. The molecule has 3 aromatic rings. The van der Waals surface area contributed by atoms with Crippen LogP contribution in [0.25, 0.3) is 0 Å². The van der Waals surface area contributed by atoms with Crippen LogP contribution < -0.4 is 0 Å². The molecule has 0 aliphatic rings. The number of nitrogens with zero attached hydrogens (tertiary/aromatic N) is 4. The van der Waals surface area contributed by atoms with E-state index in [-0.39, 0.29) is 24.8 Å². The van der Waals surface area contributed by atoms with Gasteiger partial charge in [-0.15, -0.1) is 0 Å². The van der Waals surface area contributed by atoms with Crippen molar-refractivity contribution in [3.8, 4) is 0 Å². The Bertz CT molecular complexity index is 737. The van der Waals surface area contributed by atoms with E-state index in [1.54, 1.807) is 48.8 Å². The number of hydrogen-bond acceptors (Lipinski definition) is 7. The van der Waals surface area contributed by atoms with Crippen molar-refractivity contribution in [2.24, 2.45) is 0 Å². The third-order valence-corrected chi connectivity index (χ3v) is 2.98. The number of ketones is 3. The first-order valence-corrected chi connectivity index (χ1v) is 8.02. The van der Waals surface area contributed by atoms with E-state index < -0.39 is 0 Å². The third kappa shape index (κ3) is 9.76. The summed E-state index contributed by atoms with van der Waals surface area (Å²) in [7, 11) is 0. The van der Waals surface area contributed by atoms with Crippen LogP contribution in [0.4, 0.5) is 0 Å². The van der Waals surface area contributed by atoms with Crippen LogP contribution >= 0.6 is 0 Å². The van der Waals surface area contributed by atoms with E-state index in [2.05, 4.69) is 19.9 Å². The lowest BCUT2D eigenvalue weighted by molar-refractivity contribution is 0.1000. The van der Waals surface area contributed by atoms with Crippen molar-refractivity contribution in [2.45, 2.75) is 28.2 Å². The molecule has 0 spiro atoms. The molecule has 0 atom stereocenters. The minimum atomic E-state index is -0.0527. The predicted molar refractivity (Wildman–Crippen MR) is 107 cm³/mol. The van der Waals surface area contributed by atoms with Gasteiger partial charge in [-0.1, -0.05) is 19.6 Å². The van der Waals surface area contributed by atoms with Gasteiger partial charge in [-0.2, -0.15) is 0 Å². The molecular weight excluding hydrogens is 356 g/mol. The predicted octanol–water partition coefficient (Wildman–Crippen LogP) is 3.88. The molecule has 0 saturated heterocycles. The number of carbonyl (C=O) groups is 3. The molecule has 3 rings (SSSR count). The summed E-state index contributed by atoms with van der Waals surface area (Å²) in [5.41, 5.74) is 1.47. The van der Waals surface area contributed by atoms with Gasteiger partial charge in [0.15, 0.2) is 17.3 Å². The standard InChI is InChI=1S/2C7H7NO.C6H6N2O.CH4/c2*1-6(9)7-4-2-3-5-8-7;1-5(9)6-4-7-2-3-8-6;/h2*2-5H,1H3;2-4H,1H3;1H4. The van der Waals surface area contributed by atoms with Crippen LogP contribution in [0.2, 0.25) is 0 Å². The molecule has 0 saturated carbocycles. The minimum absolute atomic E-state index is 0. The maximum atomic E-state index is 10.6. The molecule has 0 radical (unpaired) electrons. The highest BCUT2D eigenvalue weighted by Gasteiger charge is 1.96. The number of carbonyl (C=O) groups excluding carboxylic acids is 3. The van der Waals surface area contributed by atoms with Gasteiger partial charge in [0, 0.05) is 45.6 Å². The molecule has 0 aliphatic heterocycles. The van der Waals surface area contributed by atoms with E-state index in [0.29, 0.717) is 17.1 Å². The van der Waals surface area contributed by atoms with Crippen molar-refractivity contribution in [1.29, 1.82) is 0 Å². The van der Waals surface area contributed by atoms with Crippen LogP contribution in [0.3, 0.4) is 0 Å². The monoisotopic (exact) mass is 380 g/mol. The summed E-state index contributed by atoms with van der Waals surface area (Å²) in [6.45, 7) is 4.47. The first-order chi connectivity index (χ1) is 12.9. The first kappa shape index (κ1) is 24.4. The number of Topliss-reactive ketones (excluding diaryl/α,β-unsaturated/α-hetero) is 3. The second-order valence-corrected chi connectivity index (χ2v) is 5.19. The minimum Gasteiger partial charge on any atom is -0.293 e. The average Bonchev–Trinajstić information content (AvgIpc) is 2.71. The zero-order chi connectivity index (χ0) is 20.1. The Kier molecular flexibility index (Phi) is 11.8. The SMILES string of the molecule is C.CC(=O)c1ccccn1.CC(=O)c1ccccn1.CC(=O)c1cnccn1. The highest BCUT2D eigenvalue weighted by atomic mass is 16.1. The van der Waals surface area contributed by atoms with Crippen molar-refractivity contribution in [3.63, 3.8) is 0 Å². The second-order valence-electron chi connectivity index (χ2n) is 5.19. The fourth-order valence-electron chi connectivity index (χ4n) is 1.62. The lowest BCUT2D eigenvalue weighted by Crippen LogP contribution is -1.95. The molecule has 0 bridgehead atoms. The van der Waals surface area contributed by atoms with E-state index in [1.165, 1.54) is 39.4 Å². The summed E-state index contributed by atoms with van der Waals surface area (Å²) in [6.07, 6.45) is 7.69. The van der Waals surface area contributed by atoms with Gasteiger partial charge in [-0.3, -0.25) is 29.3 Å². The summed E-state index contributed by atoms with van der Waals surface area (Å²) in [5.74, 6) is -0.0331. The van der Waals surface area contributed by atoms with Crippen molar-refractivity contribution in [1.82, 2.24) is 19.9 Å². The Morgan fingerprint density at radius 2 is 1.04 bits per heavy atom. The number of pyridine rings is 2. The first-order valence-electron chi connectivity index (χ1n) is 8.02.